The second-order valence-electron chi connectivity index (χ2n) is 8.61. The van der Waals surface area contributed by atoms with Crippen molar-refractivity contribution in [1.29, 1.82) is 0 Å². The molecular formula is C23H23F2N7O. The Labute approximate surface area is 188 Å². The van der Waals surface area contributed by atoms with Crippen LogP contribution in [0.2, 0.25) is 0 Å². The van der Waals surface area contributed by atoms with E-state index in [1.165, 1.54) is 12.1 Å². The zero-order chi connectivity index (χ0) is 22.5. The molecule has 0 saturated carbocycles. The fourth-order valence-electron chi connectivity index (χ4n) is 4.95. The maximum Gasteiger partial charge on any atom is 0.183 e. The first-order valence-corrected chi connectivity index (χ1v) is 11.1. The Morgan fingerprint density at radius 2 is 2.03 bits per heavy atom. The van der Waals surface area contributed by atoms with Gasteiger partial charge in [-0.2, -0.15) is 5.10 Å². The van der Waals surface area contributed by atoms with Gasteiger partial charge in [-0.05, 0) is 43.5 Å². The quantitative estimate of drug-likeness (QED) is 0.514. The van der Waals surface area contributed by atoms with Crippen molar-refractivity contribution in [2.24, 2.45) is 0 Å². The molecule has 3 aromatic heterocycles. The van der Waals surface area contributed by atoms with Crippen LogP contribution in [0.1, 0.15) is 30.9 Å². The van der Waals surface area contributed by atoms with Crippen LogP contribution in [0, 0.1) is 11.6 Å². The van der Waals surface area contributed by atoms with Crippen LogP contribution < -0.4 is 9.80 Å². The predicted molar refractivity (Wildman–Crippen MR) is 119 cm³/mol. The number of aromatic nitrogens is 5. The van der Waals surface area contributed by atoms with Crippen LogP contribution in [-0.4, -0.2) is 55.2 Å². The summed E-state index contributed by atoms with van der Waals surface area (Å²) in [5.74, 6) is -0.263. The third kappa shape index (κ3) is 3.41. The molecular weight excluding hydrogens is 428 g/mol. The number of fused-ring (bicyclic) bond motifs is 1. The summed E-state index contributed by atoms with van der Waals surface area (Å²) in [6, 6.07) is 5.04. The van der Waals surface area contributed by atoms with Gasteiger partial charge in [0.25, 0.3) is 0 Å². The molecule has 2 atom stereocenters. The molecule has 8 nitrogen and oxygen atoms in total. The molecule has 1 unspecified atom stereocenters. The van der Waals surface area contributed by atoms with E-state index < -0.39 is 11.6 Å². The summed E-state index contributed by atoms with van der Waals surface area (Å²) < 4.78 is 32.1. The summed E-state index contributed by atoms with van der Waals surface area (Å²) in [6.45, 7) is 1.99. The highest BCUT2D eigenvalue weighted by Gasteiger charge is 2.34. The van der Waals surface area contributed by atoms with Gasteiger partial charge in [0.15, 0.2) is 17.2 Å². The van der Waals surface area contributed by atoms with E-state index in [-0.39, 0.29) is 12.1 Å². The van der Waals surface area contributed by atoms with Gasteiger partial charge in [0.2, 0.25) is 0 Å². The lowest BCUT2D eigenvalue weighted by molar-refractivity contribution is 0.198. The minimum absolute atomic E-state index is 0.329. The molecule has 1 N–H and O–H groups in total. The van der Waals surface area contributed by atoms with E-state index in [2.05, 4.69) is 15.0 Å². The number of anilines is 2. The van der Waals surface area contributed by atoms with Gasteiger partial charge >= 0.3 is 0 Å². The van der Waals surface area contributed by atoms with E-state index in [0.717, 1.165) is 31.1 Å². The van der Waals surface area contributed by atoms with Crippen LogP contribution in [0.5, 0.6) is 0 Å². The molecule has 170 valence electrons. The predicted octanol–water partition coefficient (Wildman–Crippen LogP) is 3.11. The molecule has 0 amide bonds. The first kappa shape index (κ1) is 20.1. The number of hydrogen-bond donors (Lipinski definition) is 1. The van der Waals surface area contributed by atoms with Crippen LogP contribution in [0.3, 0.4) is 0 Å². The number of rotatable bonds is 4. The topological polar surface area (TPSA) is 74.7 Å². The third-order valence-corrected chi connectivity index (χ3v) is 6.52. The first-order valence-electron chi connectivity index (χ1n) is 11.1. The second-order valence-corrected chi connectivity index (χ2v) is 8.61. The van der Waals surface area contributed by atoms with Crippen LogP contribution in [0.25, 0.3) is 11.3 Å². The molecule has 0 radical (unpaired) electrons. The van der Waals surface area contributed by atoms with Crippen molar-refractivity contribution in [3.8, 4) is 5.69 Å². The van der Waals surface area contributed by atoms with Crippen LogP contribution >= 0.6 is 0 Å². The van der Waals surface area contributed by atoms with Crippen LogP contribution in [-0.2, 0) is 0 Å². The molecule has 4 aromatic rings. The van der Waals surface area contributed by atoms with E-state index in [9.17, 15) is 13.9 Å². The van der Waals surface area contributed by atoms with Gasteiger partial charge in [0, 0.05) is 37.6 Å². The average molecular weight is 451 g/mol. The monoisotopic (exact) mass is 451 g/mol. The Hall–Kier alpha value is -3.53. The van der Waals surface area contributed by atoms with Gasteiger partial charge in [-0.15, -0.1) is 5.10 Å². The fourth-order valence-corrected chi connectivity index (χ4v) is 4.95. The van der Waals surface area contributed by atoms with Crippen LogP contribution in [0.4, 0.5) is 20.3 Å². The fraction of sp³-hybridized carbons (Fsp3) is 0.348. The molecule has 0 aliphatic carbocycles. The normalized spacial score (nSPS) is 20.9. The SMILES string of the molecule is OC1CCN(c2cnn(-c3c(N4CCC[C@@H]4c4cc(F)ccc4F)nn4cccnc34)c2)C1. The minimum atomic E-state index is -0.459. The summed E-state index contributed by atoms with van der Waals surface area (Å²) in [5.41, 5.74) is 2.54. The molecule has 33 heavy (non-hydrogen) atoms. The maximum absolute atomic E-state index is 14.7. The molecule has 10 heteroatoms. The third-order valence-electron chi connectivity index (χ3n) is 6.52. The molecule has 0 bridgehead atoms. The number of hydrogen-bond acceptors (Lipinski definition) is 6. The number of halogens is 2. The highest BCUT2D eigenvalue weighted by Crippen LogP contribution is 2.40. The average Bonchev–Trinajstić information content (AvgIpc) is 3.59. The second kappa shape index (κ2) is 7.80. The number of aliphatic hydroxyl groups is 1. The van der Waals surface area contributed by atoms with Crippen molar-refractivity contribution in [3.05, 3.63) is 66.3 Å². The molecule has 2 aliphatic heterocycles. The number of nitrogens with zero attached hydrogens (tertiary/aromatic N) is 7. The van der Waals surface area contributed by atoms with Crippen molar-refractivity contribution in [3.63, 3.8) is 0 Å². The highest BCUT2D eigenvalue weighted by atomic mass is 19.1. The summed E-state index contributed by atoms with van der Waals surface area (Å²) in [6.07, 6.45) is 9.08. The summed E-state index contributed by atoms with van der Waals surface area (Å²) >= 11 is 0. The Morgan fingerprint density at radius 3 is 2.88 bits per heavy atom. The number of β-amino-alcohol motifs (C(OH)–C–C–N with tert-alkyl or cyclic N) is 1. The Kier molecular flexibility index (Phi) is 4.75. The summed E-state index contributed by atoms with van der Waals surface area (Å²) in [5, 5.41) is 19.3. The van der Waals surface area contributed by atoms with Crippen molar-refractivity contribution in [1.82, 2.24) is 24.4 Å². The first-order chi connectivity index (χ1) is 16.1. The zero-order valence-corrected chi connectivity index (χ0v) is 17.8. The largest absolute Gasteiger partial charge is 0.391 e. The zero-order valence-electron chi connectivity index (χ0n) is 17.8. The van der Waals surface area contributed by atoms with Gasteiger partial charge in [0.1, 0.15) is 11.6 Å². The van der Waals surface area contributed by atoms with Gasteiger partial charge in [-0.3, -0.25) is 0 Å². The lowest BCUT2D eigenvalue weighted by atomic mass is 10.0. The van der Waals surface area contributed by atoms with Crippen molar-refractivity contribution in [2.75, 3.05) is 29.4 Å². The smallest absolute Gasteiger partial charge is 0.183 e. The molecule has 6 rings (SSSR count). The molecule has 5 heterocycles. The number of aliphatic hydroxyl groups excluding tert-OH is 1. The van der Waals surface area contributed by atoms with Gasteiger partial charge in [-0.1, -0.05) is 0 Å². The lowest BCUT2D eigenvalue weighted by Gasteiger charge is -2.26. The Bertz CT molecular complexity index is 1320. The van der Waals surface area contributed by atoms with Crippen molar-refractivity contribution in [2.45, 2.75) is 31.4 Å². The highest BCUT2D eigenvalue weighted by molar-refractivity contribution is 5.74. The van der Waals surface area contributed by atoms with Gasteiger partial charge < -0.3 is 14.9 Å². The molecule has 2 fully saturated rings. The Balaban J connectivity index is 1.45. The van der Waals surface area contributed by atoms with E-state index in [1.54, 1.807) is 27.7 Å². The van der Waals surface area contributed by atoms with E-state index >= 15 is 0 Å². The van der Waals surface area contributed by atoms with Gasteiger partial charge in [0.05, 0.1) is 30.2 Å². The van der Waals surface area contributed by atoms with E-state index in [4.69, 9.17) is 5.10 Å². The maximum atomic E-state index is 14.7. The van der Waals surface area contributed by atoms with Crippen molar-refractivity contribution >= 4 is 17.2 Å². The Morgan fingerprint density at radius 1 is 1.12 bits per heavy atom. The standard InChI is InChI=1S/C23H23F2N7O/c24-15-4-5-19(25)18(11-15)20-3-1-8-30(20)23-21(22-26-7-2-9-31(22)28-23)32-13-16(12-27-32)29-10-6-17(33)14-29/h2,4-5,7,9,11-13,17,20,33H,1,3,6,8,10,14H2/t17?,20-/m1/s1. The minimum Gasteiger partial charge on any atom is -0.391 e. The summed E-state index contributed by atoms with van der Waals surface area (Å²) in [7, 11) is 0. The van der Waals surface area contributed by atoms with Crippen molar-refractivity contribution < 1.29 is 13.9 Å². The molecule has 2 aliphatic rings. The van der Waals surface area contributed by atoms with Gasteiger partial charge in [-0.25, -0.2) is 23.0 Å². The van der Waals surface area contributed by atoms with E-state index in [0.29, 0.717) is 42.2 Å². The molecule has 2 saturated heterocycles. The van der Waals surface area contributed by atoms with Crippen LogP contribution in [0.15, 0.2) is 49.1 Å². The number of benzene rings is 1. The molecule has 1 aromatic carbocycles. The van der Waals surface area contributed by atoms with E-state index in [1.807, 2.05) is 17.3 Å². The lowest BCUT2D eigenvalue weighted by Crippen LogP contribution is -2.25. The molecule has 0 spiro atoms. The summed E-state index contributed by atoms with van der Waals surface area (Å²) in [4.78, 5) is 8.63.